The van der Waals surface area contributed by atoms with E-state index in [1.165, 1.54) is 19.2 Å². The summed E-state index contributed by atoms with van der Waals surface area (Å²) in [7, 11) is 1.43. The van der Waals surface area contributed by atoms with E-state index in [0.29, 0.717) is 12.8 Å². The smallest absolute Gasteiger partial charge is 0.366 e. The van der Waals surface area contributed by atoms with Gasteiger partial charge < -0.3 is 5.11 Å². The molecular formula is C12H16NO4+. The molecule has 0 radical (unpaired) electrons. The average Bonchev–Trinajstić information content (AvgIpc) is 2.59. The fraction of sp³-hybridized carbons (Fsp3) is 0.583. The lowest BCUT2D eigenvalue weighted by molar-refractivity contribution is -0.801. The van der Waals surface area contributed by atoms with Crippen LogP contribution < -0.4 is 0 Å². The van der Waals surface area contributed by atoms with Crippen molar-refractivity contribution in [2.75, 3.05) is 7.05 Å². The second-order valence-electron chi connectivity index (χ2n) is 4.91. The van der Waals surface area contributed by atoms with Crippen molar-refractivity contribution in [1.82, 2.24) is 0 Å². The van der Waals surface area contributed by atoms with Crippen LogP contribution in [-0.2, 0) is 14.4 Å². The summed E-state index contributed by atoms with van der Waals surface area (Å²) in [6.07, 6.45) is 5.63. The highest BCUT2D eigenvalue weighted by Crippen LogP contribution is 2.40. The zero-order chi connectivity index (χ0) is 12.7. The first-order valence-corrected chi connectivity index (χ1v) is 5.82. The first-order chi connectivity index (χ1) is 7.95. The zero-order valence-electron chi connectivity index (χ0n) is 9.81. The molecule has 1 aliphatic carbocycles. The highest BCUT2D eigenvalue weighted by molar-refractivity contribution is 6.06. The summed E-state index contributed by atoms with van der Waals surface area (Å²) in [5, 5.41) is 9.50. The minimum atomic E-state index is -1.27. The molecule has 0 saturated heterocycles. The monoisotopic (exact) mass is 238 g/mol. The molecule has 1 fully saturated rings. The average molecular weight is 238 g/mol. The van der Waals surface area contributed by atoms with Crippen LogP contribution in [0.5, 0.6) is 0 Å². The Balaban J connectivity index is 2.50. The number of carbonyl (C=O) groups excluding carboxylic acids is 2. The Kier molecular flexibility index (Phi) is 2.66. The number of amides is 2. The van der Waals surface area contributed by atoms with Gasteiger partial charge in [0.15, 0.2) is 0 Å². The highest BCUT2D eigenvalue weighted by Gasteiger charge is 2.63. The number of quaternary nitrogens is 1. The molecule has 0 spiro atoms. The molecule has 1 N–H and O–H groups in total. The molecule has 0 aromatic carbocycles. The Hall–Kier alpha value is -1.49. The number of carbonyl (C=O) groups is 3. The first-order valence-electron chi connectivity index (χ1n) is 5.82. The summed E-state index contributed by atoms with van der Waals surface area (Å²) in [4.78, 5) is 35.4. The minimum absolute atomic E-state index is 0.387. The number of carboxylic acids is 1. The van der Waals surface area contributed by atoms with Crippen LogP contribution in [0.3, 0.4) is 0 Å². The molecule has 5 heteroatoms. The third-order valence-electron chi connectivity index (χ3n) is 4.18. The lowest BCUT2D eigenvalue weighted by Crippen LogP contribution is -2.69. The van der Waals surface area contributed by atoms with Crippen molar-refractivity contribution in [3.63, 3.8) is 0 Å². The molecule has 0 bridgehead atoms. The Morgan fingerprint density at radius 1 is 1.18 bits per heavy atom. The maximum Gasteiger partial charge on any atom is 0.366 e. The van der Waals surface area contributed by atoms with Crippen LogP contribution in [-0.4, -0.2) is 40.0 Å². The molecule has 2 aliphatic rings. The van der Waals surface area contributed by atoms with Crippen LogP contribution in [0.15, 0.2) is 12.2 Å². The maximum atomic E-state index is 11.9. The Morgan fingerprint density at radius 2 is 1.65 bits per heavy atom. The van der Waals surface area contributed by atoms with E-state index >= 15 is 0 Å². The van der Waals surface area contributed by atoms with Crippen molar-refractivity contribution < 1.29 is 24.0 Å². The van der Waals surface area contributed by atoms with Gasteiger partial charge in [-0.2, -0.15) is 4.48 Å². The van der Waals surface area contributed by atoms with Crippen molar-refractivity contribution in [3.8, 4) is 0 Å². The topological polar surface area (TPSA) is 71.4 Å². The Morgan fingerprint density at radius 3 is 2.06 bits per heavy atom. The van der Waals surface area contributed by atoms with Crippen LogP contribution in [0, 0.1) is 0 Å². The van der Waals surface area contributed by atoms with E-state index in [0.717, 1.165) is 19.3 Å². The van der Waals surface area contributed by atoms with Gasteiger partial charge in [-0.25, -0.2) is 14.4 Å². The normalized spacial score (nSPS) is 26.2. The molecule has 1 aliphatic heterocycles. The van der Waals surface area contributed by atoms with Crippen molar-refractivity contribution in [2.45, 2.75) is 37.6 Å². The molecule has 1 saturated carbocycles. The van der Waals surface area contributed by atoms with E-state index < -0.39 is 27.8 Å². The van der Waals surface area contributed by atoms with Crippen LogP contribution in [0.4, 0.5) is 0 Å². The van der Waals surface area contributed by atoms with Gasteiger partial charge in [0.25, 0.3) is 0 Å². The second kappa shape index (κ2) is 3.77. The van der Waals surface area contributed by atoms with Gasteiger partial charge in [0.1, 0.15) is 0 Å². The third-order valence-corrected chi connectivity index (χ3v) is 4.18. The van der Waals surface area contributed by atoms with Crippen molar-refractivity contribution >= 4 is 17.8 Å². The minimum Gasteiger partial charge on any atom is -0.477 e. The number of hydrogen-bond donors (Lipinski definition) is 1. The molecule has 0 atom stereocenters. The van der Waals surface area contributed by atoms with Gasteiger partial charge in [-0.15, -0.1) is 0 Å². The molecule has 0 aromatic heterocycles. The fourth-order valence-corrected chi connectivity index (χ4v) is 2.96. The molecule has 0 unspecified atom stereocenters. The summed E-state index contributed by atoms with van der Waals surface area (Å²) in [5.74, 6) is -1.87. The Bertz CT molecular complexity index is 400. The summed E-state index contributed by atoms with van der Waals surface area (Å²) in [6.45, 7) is 0. The quantitative estimate of drug-likeness (QED) is 0.571. The predicted octanol–water partition coefficient (Wildman–Crippen LogP) is 0.843. The van der Waals surface area contributed by atoms with E-state index in [4.69, 9.17) is 0 Å². The molecule has 2 rings (SSSR count). The summed E-state index contributed by atoms with van der Waals surface area (Å²) in [6, 6.07) is 0. The molecule has 2 amide bonds. The van der Waals surface area contributed by atoms with Gasteiger partial charge in [0.2, 0.25) is 5.54 Å². The first kappa shape index (κ1) is 12.0. The lowest BCUT2D eigenvalue weighted by Gasteiger charge is -2.43. The Labute approximate surface area is 99.3 Å². The highest BCUT2D eigenvalue weighted by atomic mass is 16.4. The van der Waals surface area contributed by atoms with Gasteiger partial charge >= 0.3 is 17.8 Å². The van der Waals surface area contributed by atoms with Gasteiger partial charge in [0, 0.05) is 12.8 Å². The second-order valence-corrected chi connectivity index (χ2v) is 4.91. The van der Waals surface area contributed by atoms with E-state index in [-0.39, 0.29) is 0 Å². The van der Waals surface area contributed by atoms with Crippen LogP contribution >= 0.6 is 0 Å². The van der Waals surface area contributed by atoms with Crippen LogP contribution in [0.2, 0.25) is 0 Å². The molecular weight excluding hydrogens is 222 g/mol. The molecule has 0 aromatic rings. The predicted molar refractivity (Wildman–Crippen MR) is 58.8 cm³/mol. The number of likely N-dealkylation sites (N-methyl/N-ethyl adjacent to an activating group) is 1. The van der Waals surface area contributed by atoms with Crippen LogP contribution in [0.25, 0.3) is 0 Å². The fourth-order valence-electron chi connectivity index (χ4n) is 2.96. The number of aliphatic carboxylic acids is 1. The van der Waals surface area contributed by atoms with Gasteiger partial charge in [-0.05, 0) is 12.8 Å². The zero-order valence-corrected chi connectivity index (χ0v) is 9.81. The number of nitrogens with zero attached hydrogens (tertiary/aromatic N) is 1. The number of hydrogen-bond acceptors (Lipinski definition) is 3. The number of carboxylic acid groups (broad SMARTS) is 1. The van der Waals surface area contributed by atoms with Crippen molar-refractivity contribution in [3.05, 3.63) is 12.2 Å². The SMILES string of the molecule is C[N+]1(C2(C(=O)O)CCCCC2)C(=O)C=CC1=O. The van der Waals surface area contributed by atoms with Crippen molar-refractivity contribution in [1.29, 1.82) is 0 Å². The summed E-state index contributed by atoms with van der Waals surface area (Å²) >= 11 is 0. The molecule has 17 heavy (non-hydrogen) atoms. The van der Waals surface area contributed by atoms with Gasteiger partial charge in [-0.3, -0.25) is 0 Å². The molecule has 5 nitrogen and oxygen atoms in total. The standard InChI is InChI=1S/C12H15NO4/c1-13(9(14)5-6-10(13)15)12(11(16)17)7-3-2-4-8-12/h5-6H,2-4,7-8H2,1H3/p+1. The molecule has 92 valence electrons. The lowest BCUT2D eigenvalue weighted by atomic mass is 9.78. The largest absolute Gasteiger partial charge is 0.477 e. The van der Waals surface area contributed by atoms with E-state index in [2.05, 4.69) is 0 Å². The van der Waals surface area contributed by atoms with E-state index in [1.807, 2.05) is 0 Å². The van der Waals surface area contributed by atoms with Gasteiger partial charge in [0.05, 0.1) is 19.2 Å². The number of rotatable bonds is 2. The molecule has 1 heterocycles. The van der Waals surface area contributed by atoms with Crippen LogP contribution in [0.1, 0.15) is 32.1 Å². The maximum absolute atomic E-state index is 11.9. The number of imide groups is 1. The van der Waals surface area contributed by atoms with Gasteiger partial charge in [-0.1, -0.05) is 6.42 Å². The van der Waals surface area contributed by atoms with Crippen molar-refractivity contribution in [2.24, 2.45) is 0 Å². The summed E-state index contributed by atoms with van der Waals surface area (Å²) in [5.41, 5.74) is -1.27. The van der Waals surface area contributed by atoms with E-state index in [9.17, 15) is 19.5 Å². The summed E-state index contributed by atoms with van der Waals surface area (Å²) < 4.78 is -0.623. The van der Waals surface area contributed by atoms with E-state index in [1.54, 1.807) is 0 Å². The third kappa shape index (κ3) is 1.38.